The van der Waals surface area contributed by atoms with Gasteiger partial charge in [-0.05, 0) is 64.9 Å². The van der Waals surface area contributed by atoms with Crippen molar-refractivity contribution in [3.05, 3.63) is 71.0 Å². The molecule has 1 saturated heterocycles. The number of methoxy groups -OCH3 is 1. The minimum absolute atomic E-state index is 0.125. The van der Waals surface area contributed by atoms with Gasteiger partial charge in [-0.3, -0.25) is 0 Å². The van der Waals surface area contributed by atoms with Crippen molar-refractivity contribution in [2.24, 2.45) is 0 Å². The van der Waals surface area contributed by atoms with Gasteiger partial charge in [0.15, 0.2) is 17.6 Å². The molecule has 212 valence electrons. The smallest absolute Gasteiger partial charge is 0.493 e. The number of rotatable bonds is 5. The van der Waals surface area contributed by atoms with Gasteiger partial charge in [0, 0.05) is 23.6 Å². The molecule has 9 heteroatoms. The molecule has 0 aromatic heterocycles. The summed E-state index contributed by atoms with van der Waals surface area (Å²) in [5.74, 6) is 0.665. The average Bonchev–Trinajstić information content (AvgIpc) is 3.26. The highest BCUT2D eigenvalue weighted by Crippen LogP contribution is 2.65. The number of hydrogen-bond donors (Lipinski definition) is 1. The fourth-order valence-electron chi connectivity index (χ4n) is 7.01. The number of ether oxygens (including phenoxy) is 5. The van der Waals surface area contributed by atoms with E-state index in [4.69, 9.17) is 23.7 Å². The second-order valence-electron chi connectivity index (χ2n) is 12.1. The number of benzene rings is 2. The van der Waals surface area contributed by atoms with Crippen LogP contribution in [0.15, 0.2) is 54.3 Å². The molecule has 2 bridgehead atoms. The van der Waals surface area contributed by atoms with Crippen molar-refractivity contribution in [3.63, 3.8) is 0 Å². The van der Waals surface area contributed by atoms with Crippen LogP contribution in [0.25, 0.3) is 0 Å². The van der Waals surface area contributed by atoms with Crippen molar-refractivity contribution >= 4 is 12.1 Å². The van der Waals surface area contributed by atoms with Crippen molar-refractivity contribution in [1.29, 1.82) is 0 Å². The first kappa shape index (κ1) is 26.7. The molecule has 5 atom stereocenters. The maximum Gasteiger partial charge on any atom is 0.510 e. The highest BCUT2D eigenvalue weighted by atomic mass is 16.7. The summed E-state index contributed by atoms with van der Waals surface area (Å²) >= 11 is 0. The predicted octanol–water partition coefficient (Wildman–Crippen LogP) is 4.21. The number of likely N-dealkylation sites (N-methyl/N-ethyl adjacent to an activating group) is 1. The summed E-state index contributed by atoms with van der Waals surface area (Å²) in [5, 5.41) is 12.4. The van der Waals surface area contributed by atoms with E-state index in [1.165, 1.54) is 0 Å². The van der Waals surface area contributed by atoms with E-state index in [0.717, 1.165) is 17.7 Å². The molecular formula is C31H35NO8. The minimum Gasteiger partial charge on any atom is -0.493 e. The molecule has 2 aromatic carbocycles. The van der Waals surface area contributed by atoms with E-state index in [1.54, 1.807) is 64.3 Å². The molecule has 6 rings (SSSR count). The molecule has 0 amide bonds. The van der Waals surface area contributed by atoms with Crippen molar-refractivity contribution in [2.45, 2.75) is 74.9 Å². The zero-order chi connectivity index (χ0) is 28.4. The van der Waals surface area contributed by atoms with Crippen molar-refractivity contribution in [1.82, 2.24) is 4.90 Å². The molecule has 0 unspecified atom stereocenters. The maximum atomic E-state index is 13.7. The van der Waals surface area contributed by atoms with Crippen LogP contribution in [0.5, 0.6) is 11.5 Å². The van der Waals surface area contributed by atoms with Crippen LogP contribution in [0.4, 0.5) is 4.79 Å². The van der Waals surface area contributed by atoms with Crippen LogP contribution in [-0.4, -0.2) is 66.2 Å². The fourth-order valence-corrected chi connectivity index (χ4v) is 7.01. The molecule has 2 heterocycles. The number of esters is 1. The van der Waals surface area contributed by atoms with Gasteiger partial charge in [0.1, 0.15) is 11.4 Å². The Balaban J connectivity index is 1.37. The Bertz CT molecular complexity index is 1380. The Labute approximate surface area is 233 Å². The summed E-state index contributed by atoms with van der Waals surface area (Å²) in [7, 11) is 3.62. The van der Waals surface area contributed by atoms with E-state index in [2.05, 4.69) is 4.90 Å². The van der Waals surface area contributed by atoms with Gasteiger partial charge in [0.2, 0.25) is 6.10 Å². The van der Waals surface area contributed by atoms with Crippen LogP contribution in [-0.2, 0) is 30.8 Å². The Hall–Kier alpha value is -3.56. The van der Waals surface area contributed by atoms with Crippen LogP contribution >= 0.6 is 0 Å². The Kier molecular flexibility index (Phi) is 6.16. The fraction of sp³-hybridized carbons (Fsp3) is 0.484. The molecule has 2 aromatic rings. The summed E-state index contributed by atoms with van der Waals surface area (Å²) < 4.78 is 29.1. The lowest BCUT2D eigenvalue weighted by Crippen LogP contribution is -2.74. The van der Waals surface area contributed by atoms with Gasteiger partial charge in [-0.15, -0.1) is 0 Å². The first-order chi connectivity index (χ1) is 19.0. The number of aliphatic hydroxyl groups is 1. The number of carbonyl (C=O) groups is 2. The van der Waals surface area contributed by atoms with Crippen LogP contribution in [0.3, 0.4) is 0 Å². The molecule has 2 aliphatic carbocycles. The van der Waals surface area contributed by atoms with Gasteiger partial charge in [-0.1, -0.05) is 36.4 Å². The zero-order valence-electron chi connectivity index (χ0n) is 23.4. The number of likely N-dealkylation sites (tertiary alicyclic amines) is 1. The normalized spacial score (nSPS) is 28.9. The van der Waals surface area contributed by atoms with Crippen LogP contribution in [0, 0.1) is 0 Å². The van der Waals surface area contributed by atoms with E-state index < -0.39 is 40.9 Å². The summed E-state index contributed by atoms with van der Waals surface area (Å²) in [4.78, 5) is 28.5. The molecule has 4 aliphatic rings. The summed E-state index contributed by atoms with van der Waals surface area (Å²) in [6.45, 7) is 5.90. The number of carbonyl (C=O) groups excluding carboxylic acids is 2. The van der Waals surface area contributed by atoms with Gasteiger partial charge in [0.25, 0.3) is 0 Å². The van der Waals surface area contributed by atoms with Crippen LogP contribution in [0.2, 0.25) is 0 Å². The second kappa shape index (κ2) is 9.24. The monoisotopic (exact) mass is 549 g/mol. The SMILES string of the molecule is COc1ccc2c3c1O[C@H]1C(OC(=O)[C@@H](OC(=O)OC(C)(C)C)c4ccccc4)=CC[C@@]4(O)[C@H](C2)N(C)CC[C@]314. The molecule has 1 fully saturated rings. The second-order valence-corrected chi connectivity index (χ2v) is 12.1. The topological polar surface area (TPSA) is 104 Å². The Morgan fingerprint density at radius 2 is 1.90 bits per heavy atom. The third kappa shape index (κ3) is 3.89. The lowest BCUT2D eigenvalue weighted by molar-refractivity contribution is -0.173. The molecule has 2 aliphatic heterocycles. The van der Waals surface area contributed by atoms with Gasteiger partial charge in [0.05, 0.1) is 18.1 Å². The standard InChI is InChI=1S/C31H35NO8/c1-29(2,3)40-28(34)39-24(18-9-7-6-8-10-18)27(33)37-21-13-14-31(35)22-17-19-11-12-20(36-5)25-23(19)30(31,26(21)38-25)15-16-32(22)4/h6-13,22,24,26,35H,14-17H2,1-5H3/t22-,24-,26-,30-,31+/m0/s1. The predicted molar refractivity (Wildman–Crippen MR) is 144 cm³/mol. The van der Waals surface area contributed by atoms with Crippen molar-refractivity contribution < 1.29 is 38.4 Å². The minimum atomic E-state index is -1.36. The molecular weight excluding hydrogens is 514 g/mol. The van der Waals surface area contributed by atoms with E-state index in [9.17, 15) is 14.7 Å². The number of nitrogens with zero attached hydrogens (tertiary/aromatic N) is 1. The Morgan fingerprint density at radius 3 is 2.60 bits per heavy atom. The largest absolute Gasteiger partial charge is 0.510 e. The number of piperidine rings is 1. The summed E-state index contributed by atoms with van der Waals surface area (Å²) in [5.41, 5.74) is -0.264. The average molecular weight is 550 g/mol. The first-order valence-electron chi connectivity index (χ1n) is 13.6. The zero-order valence-corrected chi connectivity index (χ0v) is 23.4. The third-order valence-electron chi connectivity index (χ3n) is 8.70. The summed E-state index contributed by atoms with van der Waals surface area (Å²) in [6.07, 6.45) is 0.221. The van der Waals surface area contributed by atoms with E-state index in [-0.39, 0.29) is 18.2 Å². The summed E-state index contributed by atoms with van der Waals surface area (Å²) in [6, 6.07) is 12.5. The van der Waals surface area contributed by atoms with Gasteiger partial charge in [-0.25, -0.2) is 9.59 Å². The highest BCUT2D eigenvalue weighted by Gasteiger charge is 2.72. The molecule has 0 radical (unpaired) electrons. The highest BCUT2D eigenvalue weighted by molar-refractivity contribution is 5.80. The van der Waals surface area contributed by atoms with Gasteiger partial charge >= 0.3 is 12.1 Å². The Morgan fingerprint density at radius 1 is 1.15 bits per heavy atom. The first-order valence-corrected chi connectivity index (χ1v) is 13.6. The maximum absolute atomic E-state index is 13.7. The van der Waals surface area contributed by atoms with E-state index in [1.807, 2.05) is 19.2 Å². The van der Waals surface area contributed by atoms with E-state index >= 15 is 0 Å². The molecule has 1 N–H and O–H groups in total. The quantitative estimate of drug-likeness (QED) is 0.550. The molecule has 9 nitrogen and oxygen atoms in total. The molecule has 1 spiro atoms. The number of hydrogen-bond acceptors (Lipinski definition) is 9. The third-order valence-corrected chi connectivity index (χ3v) is 8.70. The van der Waals surface area contributed by atoms with E-state index in [0.29, 0.717) is 29.9 Å². The van der Waals surface area contributed by atoms with Gasteiger partial charge < -0.3 is 33.7 Å². The lowest BCUT2D eigenvalue weighted by Gasteiger charge is -2.61. The molecule has 0 saturated carbocycles. The molecule has 40 heavy (non-hydrogen) atoms. The van der Waals surface area contributed by atoms with Crippen LogP contribution < -0.4 is 9.47 Å². The van der Waals surface area contributed by atoms with Crippen molar-refractivity contribution in [3.8, 4) is 11.5 Å². The van der Waals surface area contributed by atoms with Crippen molar-refractivity contribution in [2.75, 3.05) is 20.7 Å². The lowest BCUT2D eigenvalue weighted by atomic mass is 9.50. The van der Waals surface area contributed by atoms with Gasteiger partial charge in [-0.2, -0.15) is 0 Å². The van der Waals surface area contributed by atoms with Crippen LogP contribution in [0.1, 0.15) is 56.4 Å².